The molecule has 0 aliphatic carbocycles. The second-order valence-electron chi connectivity index (χ2n) is 8.33. The van der Waals surface area contributed by atoms with Crippen LogP contribution in [-0.4, -0.2) is 52.2 Å². The van der Waals surface area contributed by atoms with Gasteiger partial charge >= 0.3 is 0 Å². The van der Waals surface area contributed by atoms with Crippen LogP contribution in [0, 0.1) is 11.8 Å². The van der Waals surface area contributed by atoms with Gasteiger partial charge in [-0.15, -0.1) is 0 Å². The van der Waals surface area contributed by atoms with Gasteiger partial charge in [0.1, 0.15) is 11.2 Å². The van der Waals surface area contributed by atoms with Crippen molar-refractivity contribution >= 4 is 33.3 Å². The molecule has 140 valence electrons. The van der Waals surface area contributed by atoms with E-state index in [1.807, 2.05) is 49.3 Å². The summed E-state index contributed by atoms with van der Waals surface area (Å²) in [6, 6.07) is 11.8. The van der Waals surface area contributed by atoms with E-state index in [1.54, 1.807) is 0 Å². The summed E-state index contributed by atoms with van der Waals surface area (Å²) in [7, 11) is 6.16. The van der Waals surface area contributed by atoms with Crippen molar-refractivity contribution in [3.05, 3.63) is 46.6 Å². The van der Waals surface area contributed by atoms with Gasteiger partial charge < -0.3 is 19.1 Å². The van der Waals surface area contributed by atoms with Crippen LogP contribution in [0.2, 0.25) is 0 Å². The number of nitrogens with zero attached hydrogens (tertiary/aromatic N) is 3. The molecule has 0 N–H and O–H groups in total. The van der Waals surface area contributed by atoms with Gasteiger partial charge in [-0.25, -0.2) is 0 Å². The highest BCUT2D eigenvalue weighted by molar-refractivity contribution is 5.92. The molecule has 5 rings (SSSR count). The molecule has 2 unspecified atom stereocenters. The molecule has 0 saturated carbocycles. The molecule has 5 heteroatoms. The lowest BCUT2D eigenvalue weighted by molar-refractivity contribution is 0.387. The zero-order chi connectivity index (χ0) is 18.7. The summed E-state index contributed by atoms with van der Waals surface area (Å²) in [5.74, 6) is 1.47. The van der Waals surface area contributed by atoms with Crippen LogP contribution in [0.4, 0.5) is 11.4 Å². The van der Waals surface area contributed by atoms with Gasteiger partial charge in [-0.2, -0.15) is 0 Å². The van der Waals surface area contributed by atoms with Gasteiger partial charge in [0.2, 0.25) is 5.43 Å². The van der Waals surface area contributed by atoms with E-state index in [0.29, 0.717) is 21.9 Å². The SMILES string of the molecule is CN1CC2CN(c3ccc4oc5ccc(N(C)C)cc5c(=O)c4c3)CC2C1. The van der Waals surface area contributed by atoms with E-state index in [1.165, 1.54) is 13.1 Å². The molecule has 0 bridgehead atoms. The van der Waals surface area contributed by atoms with Gasteiger partial charge in [-0.1, -0.05) is 0 Å². The maximum absolute atomic E-state index is 13.2. The summed E-state index contributed by atoms with van der Waals surface area (Å²) in [5.41, 5.74) is 3.49. The summed E-state index contributed by atoms with van der Waals surface area (Å²) in [6.45, 7) is 4.50. The smallest absolute Gasteiger partial charge is 0.200 e. The summed E-state index contributed by atoms with van der Waals surface area (Å²) < 4.78 is 6.02. The molecular weight excluding hydrogens is 338 g/mol. The first-order chi connectivity index (χ1) is 13.0. The first-order valence-corrected chi connectivity index (χ1v) is 9.61. The molecule has 1 aromatic heterocycles. The van der Waals surface area contributed by atoms with E-state index in [-0.39, 0.29) is 5.43 Å². The third kappa shape index (κ3) is 2.69. The van der Waals surface area contributed by atoms with Gasteiger partial charge in [0.15, 0.2) is 0 Å². The van der Waals surface area contributed by atoms with Gasteiger partial charge in [-0.05, 0) is 55.3 Å². The van der Waals surface area contributed by atoms with E-state index in [9.17, 15) is 4.79 Å². The van der Waals surface area contributed by atoms with E-state index < -0.39 is 0 Å². The zero-order valence-electron chi connectivity index (χ0n) is 16.1. The molecular formula is C22H25N3O2. The lowest BCUT2D eigenvalue weighted by Gasteiger charge is -2.21. The van der Waals surface area contributed by atoms with E-state index in [4.69, 9.17) is 4.42 Å². The minimum Gasteiger partial charge on any atom is -0.456 e. The third-order valence-corrected chi connectivity index (χ3v) is 6.19. The molecule has 2 saturated heterocycles. The van der Waals surface area contributed by atoms with E-state index in [2.05, 4.69) is 22.9 Å². The molecule has 0 radical (unpaired) electrons. The Morgan fingerprint density at radius 2 is 1.56 bits per heavy atom. The molecule has 3 heterocycles. The first kappa shape index (κ1) is 16.6. The normalized spacial score (nSPS) is 22.7. The molecule has 0 amide bonds. The molecule has 2 aliphatic rings. The summed E-state index contributed by atoms with van der Waals surface area (Å²) in [4.78, 5) is 20.0. The fourth-order valence-corrected chi connectivity index (χ4v) is 4.75. The fraction of sp³-hybridized carbons (Fsp3) is 0.409. The van der Waals surface area contributed by atoms with E-state index >= 15 is 0 Å². The highest BCUT2D eigenvalue weighted by Gasteiger charge is 2.38. The average molecular weight is 363 g/mol. The van der Waals surface area contributed by atoms with Crippen molar-refractivity contribution in [2.45, 2.75) is 0 Å². The van der Waals surface area contributed by atoms with Crippen LogP contribution in [0.15, 0.2) is 45.6 Å². The summed E-state index contributed by atoms with van der Waals surface area (Å²) >= 11 is 0. The quantitative estimate of drug-likeness (QED) is 0.655. The summed E-state index contributed by atoms with van der Waals surface area (Å²) in [5, 5.41) is 1.32. The predicted molar refractivity (Wildman–Crippen MR) is 111 cm³/mol. The standard InChI is InChI=1S/C22H25N3O2/c1-23(2)16-4-6-20-18(8-16)22(26)19-9-17(5-7-21(19)27-20)25-12-14-10-24(3)11-15(14)13-25/h4-9,14-15H,10-13H2,1-3H3. The Hall–Kier alpha value is -2.53. The lowest BCUT2D eigenvalue weighted by atomic mass is 10.0. The first-order valence-electron chi connectivity index (χ1n) is 9.61. The van der Waals surface area contributed by atoms with Crippen molar-refractivity contribution in [3.63, 3.8) is 0 Å². The highest BCUT2D eigenvalue weighted by Crippen LogP contribution is 2.34. The van der Waals surface area contributed by atoms with Crippen LogP contribution < -0.4 is 15.2 Å². The zero-order valence-corrected chi connectivity index (χ0v) is 16.1. The van der Waals surface area contributed by atoms with Crippen molar-refractivity contribution < 1.29 is 4.42 Å². The Morgan fingerprint density at radius 1 is 0.926 bits per heavy atom. The maximum atomic E-state index is 13.2. The number of hydrogen-bond acceptors (Lipinski definition) is 5. The fourth-order valence-electron chi connectivity index (χ4n) is 4.75. The number of likely N-dealkylation sites (tertiary alicyclic amines) is 1. The molecule has 27 heavy (non-hydrogen) atoms. The lowest BCUT2D eigenvalue weighted by Crippen LogP contribution is -2.26. The van der Waals surface area contributed by atoms with Crippen molar-refractivity contribution in [2.24, 2.45) is 11.8 Å². The Morgan fingerprint density at radius 3 is 2.22 bits per heavy atom. The van der Waals surface area contributed by atoms with Gasteiger partial charge in [0, 0.05) is 51.6 Å². The average Bonchev–Trinajstić information content (AvgIpc) is 3.19. The van der Waals surface area contributed by atoms with Crippen molar-refractivity contribution in [1.29, 1.82) is 0 Å². The number of hydrogen-bond donors (Lipinski definition) is 0. The molecule has 0 spiro atoms. The topological polar surface area (TPSA) is 39.9 Å². The Bertz CT molecular complexity index is 1070. The van der Waals surface area contributed by atoms with Crippen LogP contribution >= 0.6 is 0 Å². The van der Waals surface area contributed by atoms with Gasteiger partial charge in [-0.3, -0.25) is 4.79 Å². The summed E-state index contributed by atoms with van der Waals surface area (Å²) in [6.07, 6.45) is 0. The van der Waals surface area contributed by atoms with E-state index in [0.717, 1.165) is 36.3 Å². The van der Waals surface area contributed by atoms with Crippen LogP contribution in [0.3, 0.4) is 0 Å². The van der Waals surface area contributed by atoms with Crippen LogP contribution in [0.5, 0.6) is 0 Å². The molecule has 3 aromatic rings. The van der Waals surface area contributed by atoms with Crippen LogP contribution in [-0.2, 0) is 0 Å². The third-order valence-electron chi connectivity index (χ3n) is 6.19. The van der Waals surface area contributed by atoms with Crippen LogP contribution in [0.25, 0.3) is 21.9 Å². The van der Waals surface area contributed by atoms with Crippen molar-refractivity contribution in [2.75, 3.05) is 57.1 Å². The number of fused-ring (bicyclic) bond motifs is 3. The van der Waals surface area contributed by atoms with Crippen molar-refractivity contribution in [1.82, 2.24) is 4.90 Å². The Balaban J connectivity index is 1.57. The largest absolute Gasteiger partial charge is 0.456 e. The molecule has 2 fully saturated rings. The maximum Gasteiger partial charge on any atom is 0.200 e. The predicted octanol–water partition coefficient (Wildman–Crippen LogP) is 3.01. The van der Waals surface area contributed by atoms with Crippen molar-refractivity contribution in [3.8, 4) is 0 Å². The molecule has 5 nitrogen and oxygen atoms in total. The molecule has 2 atom stereocenters. The Labute approximate surface area is 158 Å². The number of benzene rings is 2. The van der Waals surface area contributed by atoms with Crippen LogP contribution in [0.1, 0.15) is 0 Å². The van der Waals surface area contributed by atoms with Gasteiger partial charge in [0.25, 0.3) is 0 Å². The highest BCUT2D eigenvalue weighted by atomic mass is 16.3. The minimum atomic E-state index is 0.0518. The second-order valence-corrected chi connectivity index (χ2v) is 8.33. The van der Waals surface area contributed by atoms with Gasteiger partial charge in [0.05, 0.1) is 10.8 Å². The number of anilines is 2. The second kappa shape index (κ2) is 5.99. The minimum absolute atomic E-state index is 0.0518. The monoisotopic (exact) mass is 363 g/mol. The molecule has 2 aliphatic heterocycles. The molecule has 2 aromatic carbocycles. The Kier molecular flexibility index (Phi) is 3.69. The number of rotatable bonds is 2.